The van der Waals surface area contributed by atoms with Crippen LogP contribution in [0.25, 0.3) is 0 Å². The van der Waals surface area contributed by atoms with Gasteiger partial charge in [-0.3, -0.25) is 0 Å². The molecule has 0 spiro atoms. The number of hydrogen-bond acceptors (Lipinski definition) is 1. The zero-order valence-electron chi connectivity index (χ0n) is 11.5. The summed E-state index contributed by atoms with van der Waals surface area (Å²) in [5.74, 6) is 0. The van der Waals surface area contributed by atoms with Gasteiger partial charge in [0.1, 0.15) is 6.10 Å². The standard InChI is InChI=1S/C17H20O/c1-11-5-8-16(14(4)9-11)17(18)15-7-6-12(2)13(3)10-15/h5-10,17-18H,1-4H3. The lowest BCUT2D eigenvalue weighted by atomic mass is 9.94. The molecule has 0 saturated carbocycles. The maximum Gasteiger partial charge on any atom is 0.104 e. The molecule has 0 fully saturated rings. The Kier molecular flexibility index (Phi) is 3.53. The molecule has 0 aromatic heterocycles. The Labute approximate surface area is 109 Å². The van der Waals surface area contributed by atoms with Crippen molar-refractivity contribution in [1.82, 2.24) is 0 Å². The molecule has 2 aromatic carbocycles. The molecule has 0 bridgehead atoms. The van der Waals surface area contributed by atoms with Crippen LogP contribution < -0.4 is 0 Å². The summed E-state index contributed by atoms with van der Waals surface area (Å²) in [6.45, 7) is 8.28. The van der Waals surface area contributed by atoms with E-state index in [0.717, 1.165) is 16.7 Å². The van der Waals surface area contributed by atoms with Crippen LogP contribution >= 0.6 is 0 Å². The average molecular weight is 240 g/mol. The summed E-state index contributed by atoms with van der Waals surface area (Å²) in [4.78, 5) is 0. The first-order chi connectivity index (χ1) is 8.49. The van der Waals surface area contributed by atoms with Gasteiger partial charge in [-0.2, -0.15) is 0 Å². The van der Waals surface area contributed by atoms with Gasteiger partial charge in [-0.25, -0.2) is 0 Å². The Bertz CT molecular complexity index is 570. The Morgan fingerprint density at radius 1 is 0.778 bits per heavy atom. The van der Waals surface area contributed by atoms with E-state index in [9.17, 15) is 5.11 Å². The monoisotopic (exact) mass is 240 g/mol. The van der Waals surface area contributed by atoms with Crippen LogP contribution in [0.1, 0.15) is 39.5 Å². The second-order valence-corrected chi connectivity index (χ2v) is 5.11. The summed E-state index contributed by atoms with van der Waals surface area (Å²) in [6, 6.07) is 12.3. The van der Waals surface area contributed by atoms with Gasteiger partial charge in [0.25, 0.3) is 0 Å². The smallest absolute Gasteiger partial charge is 0.104 e. The van der Waals surface area contributed by atoms with Crippen molar-refractivity contribution in [1.29, 1.82) is 0 Å². The summed E-state index contributed by atoms with van der Waals surface area (Å²) in [5.41, 5.74) is 6.79. The van der Waals surface area contributed by atoms with E-state index in [1.165, 1.54) is 16.7 Å². The molecule has 2 rings (SSSR count). The topological polar surface area (TPSA) is 20.2 Å². The molecule has 0 amide bonds. The predicted octanol–water partition coefficient (Wildman–Crippen LogP) is 4.00. The zero-order chi connectivity index (χ0) is 13.3. The molecule has 0 aliphatic carbocycles. The summed E-state index contributed by atoms with van der Waals surface area (Å²) in [6.07, 6.45) is -0.537. The number of hydrogen-bond donors (Lipinski definition) is 1. The Hall–Kier alpha value is -1.60. The predicted molar refractivity (Wildman–Crippen MR) is 75.9 cm³/mol. The van der Waals surface area contributed by atoms with E-state index in [1.54, 1.807) is 0 Å². The Balaban J connectivity index is 2.41. The van der Waals surface area contributed by atoms with Crippen molar-refractivity contribution in [2.75, 3.05) is 0 Å². The number of aryl methyl sites for hydroxylation is 4. The molecule has 0 heterocycles. The van der Waals surface area contributed by atoms with Crippen LogP contribution in [0.15, 0.2) is 36.4 Å². The van der Waals surface area contributed by atoms with Crippen LogP contribution in [0.5, 0.6) is 0 Å². The van der Waals surface area contributed by atoms with Gasteiger partial charge in [0.2, 0.25) is 0 Å². The molecule has 1 atom stereocenters. The summed E-state index contributed by atoms with van der Waals surface area (Å²) < 4.78 is 0. The highest BCUT2D eigenvalue weighted by atomic mass is 16.3. The summed E-state index contributed by atoms with van der Waals surface area (Å²) in [5, 5.41) is 10.5. The van der Waals surface area contributed by atoms with Crippen LogP contribution in [0.3, 0.4) is 0 Å². The number of aliphatic hydroxyl groups is 1. The van der Waals surface area contributed by atoms with Gasteiger partial charge in [0.05, 0.1) is 0 Å². The second kappa shape index (κ2) is 4.95. The molecule has 1 unspecified atom stereocenters. The van der Waals surface area contributed by atoms with Crippen molar-refractivity contribution < 1.29 is 5.11 Å². The van der Waals surface area contributed by atoms with E-state index >= 15 is 0 Å². The third-order valence-electron chi connectivity index (χ3n) is 3.57. The zero-order valence-corrected chi connectivity index (χ0v) is 11.5. The Morgan fingerprint density at radius 2 is 1.50 bits per heavy atom. The highest BCUT2D eigenvalue weighted by molar-refractivity contribution is 5.40. The minimum Gasteiger partial charge on any atom is -0.384 e. The largest absolute Gasteiger partial charge is 0.384 e. The van der Waals surface area contributed by atoms with Gasteiger partial charge in [-0.05, 0) is 55.5 Å². The van der Waals surface area contributed by atoms with Crippen LogP contribution in [-0.4, -0.2) is 5.11 Å². The first-order valence-corrected chi connectivity index (χ1v) is 6.31. The maximum atomic E-state index is 10.5. The van der Waals surface area contributed by atoms with E-state index in [1.807, 2.05) is 25.1 Å². The van der Waals surface area contributed by atoms with Crippen molar-refractivity contribution in [2.45, 2.75) is 33.8 Å². The van der Waals surface area contributed by atoms with Crippen molar-refractivity contribution >= 4 is 0 Å². The van der Waals surface area contributed by atoms with Crippen molar-refractivity contribution in [3.8, 4) is 0 Å². The van der Waals surface area contributed by atoms with Gasteiger partial charge < -0.3 is 5.11 Å². The number of aliphatic hydroxyl groups excluding tert-OH is 1. The molecule has 1 nitrogen and oxygen atoms in total. The SMILES string of the molecule is Cc1ccc(C(O)c2ccc(C)c(C)c2)c(C)c1. The fraction of sp³-hybridized carbons (Fsp3) is 0.294. The molecule has 18 heavy (non-hydrogen) atoms. The molecule has 0 aliphatic heterocycles. The minimum atomic E-state index is -0.537. The van der Waals surface area contributed by atoms with Gasteiger partial charge in [0, 0.05) is 0 Å². The van der Waals surface area contributed by atoms with Gasteiger partial charge in [-0.1, -0.05) is 42.0 Å². The quantitative estimate of drug-likeness (QED) is 0.841. The molecule has 0 aliphatic rings. The van der Waals surface area contributed by atoms with Crippen LogP contribution in [0.4, 0.5) is 0 Å². The van der Waals surface area contributed by atoms with E-state index in [4.69, 9.17) is 0 Å². The molecular formula is C17H20O. The fourth-order valence-electron chi connectivity index (χ4n) is 2.25. The maximum absolute atomic E-state index is 10.5. The third-order valence-corrected chi connectivity index (χ3v) is 3.57. The average Bonchev–Trinajstić information content (AvgIpc) is 2.32. The Morgan fingerprint density at radius 3 is 2.11 bits per heavy atom. The van der Waals surface area contributed by atoms with E-state index in [0.29, 0.717) is 0 Å². The van der Waals surface area contributed by atoms with E-state index < -0.39 is 6.10 Å². The van der Waals surface area contributed by atoms with Gasteiger partial charge >= 0.3 is 0 Å². The lowest BCUT2D eigenvalue weighted by Gasteiger charge is -2.16. The van der Waals surface area contributed by atoms with Crippen LogP contribution in [0.2, 0.25) is 0 Å². The van der Waals surface area contributed by atoms with E-state index in [2.05, 4.69) is 39.0 Å². The number of rotatable bonds is 2. The van der Waals surface area contributed by atoms with Crippen LogP contribution in [-0.2, 0) is 0 Å². The molecule has 0 saturated heterocycles. The lowest BCUT2D eigenvalue weighted by molar-refractivity contribution is 0.219. The van der Waals surface area contributed by atoms with Crippen molar-refractivity contribution in [2.24, 2.45) is 0 Å². The van der Waals surface area contributed by atoms with Gasteiger partial charge in [-0.15, -0.1) is 0 Å². The molecule has 2 aromatic rings. The number of benzene rings is 2. The first kappa shape index (κ1) is 12.8. The van der Waals surface area contributed by atoms with E-state index in [-0.39, 0.29) is 0 Å². The fourth-order valence-corrected chi connectivity index (χ4v) is 2.25. The van der Waals surface area contributed by atoms with Crippen molar-refractivity contribution in [3.05, 3.63) is 69.8 Å². The molecule has 94 valence electrons. The molecule has 1 N–H and O–H groups in total. The first-order valence-electron chi connectivity index (χ1n) is 6.31. The van der Waals surface area contributed by atoms with Crippen LogP contribution in [0, 0.1) is 27.7 Å². The highest BCUT2D eigenvalue weighted by Gasteiger charge is 2.13. The molecule has 0 radical (unpaired) electrons. The summed E-state index contributed by atoms with van der Waals surface area (Å²) in [7, 11) is 0. The summed E-state index contributed by atoms with van der Waals surface area (Å²) >= 11 is 0. The normalized spacial score (nSPS) is 12.5. The van der Waals surface area contributed by atoms with Gasteiger partial charge in [0.15, 0.2) is 0 Å². The second-order valence-electron chi connectivity index (χ2n) is 5.11. The minimum absolute atomic E-state index is 0.537. The highest BCUT2D eigenvalue weighted by Crippen LogP contribution is 2.26. The van der Waals surface area contributed by atoms with Crippen molar-refractivity contribution in [3.63, 3.8) is 0 Å². The molecular weight excluding hydrogens is 220 g/mol. The third kappa shape index (κ3) is 2.46. The molecule has 1 heteroatoms. The lowest BCUT2D eigenvalue weighted by Crippen LogP contribution is -2.03.